The van der Waals surface area contributed by atoms with Crippen LogP contribution in [0.3, 0.4) is 0 Å². The molecule has 0 atom stereocenters. The van der Waals surface area contributed by atoms with Gasteiger partial charge in [-0.3, -0.25) is 0 Å². The van der Waals surface area contributed by atoms with Crippen LogP contribution in [0.2, 0.25) is 0 Å². The molecule has 4 nitrogen and oxygen atoms in total. The van der Waals surface area contributed by atoms with E-state index in [1.807, 2.05) is 18.2 Å². The molecule has 136 valence electrons. The Hall–Kier alpha value is -3.86. The maximum Gasteiger partial charge on any atom is 0.347 e. The Morgan fingerprint density at radius 1 is 0.893 bits per heavy atom. The second kappa shape index (κ2) is 6.09. The van der Waals surface area contributed by atoms with Gasteiger partial charge < -0.3 is 14.8 Å². The van der Waals surface area contributed by atoms with Gasteiger partial charge in [0.05, 0.1) is 5.52 Å². The number of carbonyl (C=O) groups excluding carboxylic acids is 1. The van der Waals surface area contributed by atoms with Crippen LogP contribution >= 0.6 is 0 Å². The smallest absolute Gasteiger partial charge is 0.347 e. The number of ether oxygens (including phenoxy) is 1. The molecule has 2 N–H and O–H groups in total. The quantitative estimate of drug-likeness (QED) is 0.316. The summed E-state index contributed by atoms with van der Waals surface area (Å²) in [6.45, 7) is 0. The number of halogens is 1. The Kier molecular flexibility index (Phi) is 3.55. The van der Waals surface area contributed by atoms with Crippen molar-refractivity contribution in [2.24, 2.45) is 0 Å². The van der Waals surface area contributed by atoms with E-state index in [1.54, 1.807) is 36.4 Å². The Morgan fingerprint density at radius 2 is 1.71 bits per heavy atom. The standard InChI is InChI=1S/C23H14FNO3/c24-14-7-9-20-18(11-14)16-8-6-13-10-19(21(26)12-17(13)22(16)25-20)23(27)28-15-4-2-1-3-5-15/h1-12,25-26H. The second-order valence-electron chi connectivity index (χ2n) is 6.60. The summed E-state index contributed by atoms with van der Waals surface area (Å²) in [5.74, 6) is -0.717. The number of hydrogen-bond acceptors (Lipinski definition) is 3. The lowest BCUT2D eigenvalue weighted by molar-refractivity contribution is 0.0732. The number of H-pyrrole nitrogens is 1. The largest absolute Gasteiger partial charge is 0.507 e. The van der Waals surface area contributed by atoms with Gasteiger partial charge in [-0.15, -0.1) is 0 Å². The van der Waals surface area contributed by atoms with Crippen LogP contribution in [0.5, 0.6) is 11.5 Å². The first-order valence-corrected chi connectivity index (χ1v) is 8.74. The Bertz CT molecular complexity index is 1370. The van der Waals surface area contributed by atoms with E-state index >= 15 is 0 Å². The van der Waals surface area contributed by atoms with Gasteiger partial charge in [0.15, 0.2) is 0 Å². The van der Waals surface area contributed by atoms with Crippen molar-refractivity contribution >= 4 is 38.5 Å². The average Bonchev–Trinajstić information content (AvgIpc) is 3.06. The molecule has 5 aromatic rings. The summed E-state index contributed by atoms with van der Waals surface area (Å²) in [7, 11) is 0. The zero-order valence-electron chi connectivity index (χ0n) is 14.6. The molecule has 0 fully saturated rings. The van der Waals surface area contributed by atoms with Gasteiger partial charge >= 0.3 is 5.97 Å². The molecule has 0 amide bonds. The molecule has 5 heteroatoms. The van der Waals surface area contributed by atoms with Crippen LogP contribution in [0, 0.1) is 5.82 Å². The van der Waals surface area contributed by atoms with Crippen molar-refractivity contribution in [3.63, 3.8) is 0 Å². The fourth-order valence-corrected chi connectivity index (χ4v) is 3.52. The summed E-state index contributed by atoms with van der Waals surface area (Å²) >= 11 is 0. The Balaban J connectivity index is 1.65. The molecule has 0 radical (unpaired) electrons. The lowest BCUT2D eigenvalue weighted by Crippen LogP contribution is -2.08. The molecule has 0 saturated heterocycles. The van der Waals surface area contributed by atoms with E-state index in [0.717, 1.165) is 32.6 Å². The van der Waals surface area contributed by atoms with Gasteiger partial charge in [0.2, 0.25) is 0 Å². The third kappa shape index (κ3) is 2.56. The van der Waals surface area contributed by atoms with E-state index in [1.165, 1.54) is 18.2 Å². The summed E-state index contributed by atoms with van der Waals surface area (Å²) in [5.41, 5.74) is 1.66. The minimum atomic E-state index is -0.635. The van der Waals surface area contributed by atoms with E-state index in [4.69, 9.17) is 4.74 Å². The lowest BCUT2D eigenvalue weighted by Gasteiger charge is -2.08. The highest BCUT2D eigenvalue weighted by atomic mass is 19.1. The molecule has 1 heterocycles. The molecule has 0 unspecified atom stereocenters. The fourth-order valence-electron chi connectivity index (χ4n) is 3.52. The van der Waals surface area contributed by atoms with E-state index in [0.29, 0.717) is 5.75 Å². The number of aromatic hydroxyl groups is 1. The van der Waals surface area contributed by atoms with Crippen LogP contribution in [0.25, 0.3) is 32.6 Å². The molecule has 0 aliphatic carbocycles. The number of para-hydroxylation sites is 1. The first-order valence-electron chi connectivity index (χ1n) is 8.74. The first kappa shape index (κ1) is 16.3. The number of phenols is 1. The number of rotatable bonds is 2. The minimum Gasteiger partial charge on any atom is -0.507 e. The monoisotopic (exact) mass is 371 g/mol. The minimum absolute atomic E-state index is 0.0814. The number of esters is 1. The molecular weight excluding hydrogens is 357 g/mol. The zero-order valence-corrected chi connectivity index (χ0v) is 14.6. The van der Waals surface area contributed by atoms with Crippen LogP contribution < -0.4 is 4.74 Å². The zero-order chi connectivity index (χ0) is 19.3. The van der Waals surface area contributed by atoms with Gasteiger partial charge in [-0.05, 0) is 47.9 Å². The molecule has 0 aliphatic rings. The van der Waals surface area contributed by atoms with Crippen molar-refractivity contribution in [3.05, 3.63) is 84.2 Å². The van der Waals surface area contributed by atoms with Crippen LogP contribution in [-0.4, -0.2) is 16.1 Å². The van der Waals surface area contributed by atoms with Crippen LogP contribution in [0.15, 0.2) is 72.8 Å². The topological polar surface area (TPSA) is 62.3 Å². The SMILES string of the molecule is O=C(Oc1ccccc1)c1cc2ccc3c4cc(F)ccc4[nH]c3c2cc1O. The van der Waals surface area contributed by atoms with Gasteiger partial charge in [0.25, 0.3) is 0 Å². The van der Waals surface area contributed by atoms with Crippen molar-refractivity contribution in [2.75, 3.05) is 0 Å². The Labute approximate surface area is 158 Å². The van der Waals surface area contributed by atoms with Gasteiger partial charge in [0, 0.05) is 21.7 Å². The number of hydrogen-bond donors (Lipinski definition) is 2. The fraction of sp³-hybridized carbons (Fsp3) is 0. The van der Waals surface area contributed by atoms with Gasteiger partial charge in [-0.2, -0.15) is 0 Å². The summed E-state index contributed by atoms with van der Waals surface area (Å²) in [4.78, 5) is 15.8. The molecule has 0 saturated carbocycles. The summed E-state index contributed by atoms with van der Waals surface area (Å²) in [5, 5.41) is 13.6. The summed E-state index contributed by atoms with van der Waals surface area (Å²) < 4.78 is 19.0. The van der Waals surface area contributed by atoms with Gasteiger partial charge in [0.1, 0.15) is 22.9 Å². The van der Waals surface area contributed by atoms with Crippen molar-refractivity contribution in [3.8, 4) is 11.5 Å². The number of aromatic nitrogens is 1. The molecule has 0 spiro atoms. The van der Waals surface area contributed by atoms with Crippen molar-refractivity contribution in [1.29, 1.82) is 0 Å². The maximum absolute atomic E-state index is 13.6. The van der Waals surface area contributed by atoms with E-state index in [9.17, 15) is 14.3 Å². The molecule has 1 aromatic heterocycles. The summed E-state index contributed by atoms with van der Waals surface area (Å²) in [6, 6.07) is 20.1. The number of nitrogens with one attached hydrogen (secondary N) is 1. The van der Waals surface area contributed by atoms with E-state index in [-0.39, 0.29) is 17.1 Å². The summed E-state index contributed by atoms with van der Waals surface area (Å²) in [6.07, 6.45) is 0. The first-order chi connectivity index (χ1) is 13.6. The van der Waals surface area contributed by atoms with Crippen LogP contribution in [0.4, 0.5) is 4.39 Å². The predicted molar refractivity (Wildman–Crippen MR) is 106 cm³/mol. The third-order valence-corrected chi connectivity index (χ3v) is 4.84. The van der Waals surface area contributed by atoms with Gasteiger partial charge in [-0.1, -0.05) is 30.3 Å². The number of phenolic OH excluding ortho intramolecular Hbond substituents is 1. The third-order valence-electron chi connectivity index (χ3n) is 4.84. The highest BCUT2D eigenvalue weighted by molar-refractivity contribution is 6.18. The maximum atomic E-state index is 13.6. The van der Waals surface area contributed by atoms with Crippen molar-refractivity contribution < 1.29 is 19.0 Å². The van der Waals surface area contributed by atoms with Crippen molar-refractivity contribution in [2.45, 2.75) is 0 Å². The molecule has 0 bridgehead atoms. The van der Waals surface area contributed by atoms with Crippen LogP contribution in [0.1, 0.15) is 10.4 Å². The molecular formula is C23H14FNO3. The average molecular weight is 371 g/mol. The number of fused-ring (bicyclic) bond motifs is 5. The van der Waals surface area contributed by atoms with E-state index in [2.05, 4.69) is 4.98 Å². The lowest BCUT2D eigenvalue weighted by atomic mass is 10.0. The molecule has 0 aliphatic heterocycles. The van der Waals surface area contributed by atoms with Crippen LogP contribution in [-0.2, 0) is 0 Å². The normalized spacial score (nSPS) is 11.3. The molecule has 4 aromatic carbocycles. The Morgan fingerprint density at radius 3 is 2.54 bits per heavy atom. The number of aromatic amines is 1. The predicted octanol–water partition coefficient (Wildman–Crippen LogP) is 5.54. The highest BCUT2D eigenvalue weighted by Crippen LogP contribution is 2.35. The molecule has 5 rings (SSSR count). The molecule has 28 heavy (non-hydrogen) atoms. The second-order valence-corrected chi connectivity index (χ2v) is 6.60. The van der Waals surface area contributed by atoms with Gasteiger partial charge in [-0.25, -0.2) is 9.18 Å². The van der Waals surface area contributed by atoms with Crippen molar-refractivity contribution in [1.82, 2.24) is 4.98 Å². The van der Waals surface area contributed by atoms with E-state index < -0.39 is 5.97 Å². The number of carbonyl (C=O) groups is 1. The highest BCUT2D eigenvalue weighted by Gasteiger charge is 2.17. The number of benzene rings is 4.